The van der Waals surface area contributed by atoms with Crippen molar-refractivity contribution in [2.75, 3.05) is 16.2 Å². The molecule has 7 nitrogen and oxygen atoms in total. The first-order chi connectivity index (χ1) is 16.6. The molecule has 3 aromatic carbocycles. The molecule has 4 rings (SSSR count). The summed E-state index contributed by atoms with van der Waals surface area (Å²) in [5, 5.41) is 12.2. The van der Waals surface area contributed by atoms with Gasteiger partial charge in [0, 0.05) is 10.6 Å². The fourth-order valence-electron chi connectivity index (χ4n) is 3.31. The summed E-state index contributed by atoms with van der Waals surface area (Å²) in [5.74, 6) is -0.535. The van der Waals surface area contributed by atoms with Gasteiger partial charge in [-0.05, 0) is 68.3 Å². The van der Waals surface area contributed by atoms with Gasteiger partial charge in [0.1, 0.15) is 11.6 Å². The van der Waals surface area contributed by atoms with E-state index >= 15 is 0 Å². The number of benzene rings is 3. The molecule has 0 aliphatic carbocycles. The molecule has 180 valence electrons. The topological polar surface area (TPSA) is 92.3 Å². The number of carbonyl (C=O) groups is 1. The minimum atomic E-state index is -4.05. The Morgan fingerprint density at radius 2 is 1.63 bits per heavy atom. The van der Waals surface area contributed by atoms with Gasteiger partial charge in [0.05, 0.1) is 10.6 Å². The second-order valence-corrected chi connectivity index (χ2v) is 11.3. The first-order valence-corrected chi connectivity index (χ1v) is 13.3. The molecule has 0 bridgehead atoms. The molecule has 1 heterocycles. The largest absolute Gasteiger partial charge is 0.299 e. The lowest BCUT2D eigenvalue weighted by Gasteiger charge is -2.24. The Labute approximate surface area is 213 Å². The molecular formula is C25H23ClN4O3S2. The highest BCUT2D eigenvalue weighted by Crippen LogP contribution is 2.28. The smallest absolute Gasteiger partial charge is 0.264 e. The standard InChI is InChI=1S/C25H23ClN4O3S2/c1-16-4-7-19(8-5-16)24-28-29-25(34-24)27-23(31)15-30(21-11-6-17(2)18(3)14-21)35(32,33)22-12-9-20(26)10-13-22/h4-14H,15H2,1-3H3,(H,27,29,31). The van der Waals surface area contributed by atoms with Crippen LogP contribution in [0.25, 0.3) is 10.6 Å². The van der Waals surface area contributed by atoms with Crippen LogP contribution in [0.4, 0.5) is 10.8 Å². The van der Waals surface area contributed by atoms with Crippen molar-refractivity contribution < 1.29 is 13.2 Å². The summed E-state index contributed by atoms with van der Waals surface area (Å²) in [6, 6.07) is 18.9. The van der Waals surface area contributed by atoms with Crippen LogP contribution >= 0.6 is 22.9 Å². The molecule has 0 aliphatic rings. The van der Waals surface area contributed by atoms with Crippen LogP contribution in [-0.2, 0) is 14.8 Å². The third-order valence-electron chi connectivity index (χ3n) is 5.44. The average molecular weight is 527 g/mol. The zero-order chi connectivity index (χ0) is 25.2. The average Bonchev–Trinajstić information content (AvgIpc) is 3.28. The van der Waals surface area contributed by atoms with E-state index in [4.69, 9.17) is 11.6 Å². The lowest BCUT2D eigenvalue weighted by Crippen LogP contribution is -2.38. The van der Waals surface area contributed by atoms with Crippen LogP contribution in [0.2, 0.25) is 5.02 Å². The molecule has 1 aromatic heterocycles. The summed E-state index contributed by atoms with van der Waals surface area (Å²) in [4.78, 5) is 13.0. The molecule has 0 fully saturated rings. The Morgan fingerprint density at radius 3 is 2.29 bits per heavy atom. The van der Waals surface area contributed by atoms with Crippen LogP contribution in [0.5, 0.6) is 0 Å². The van der Waals surface area contributed by atoms with Gasteiger partial charge in [0.2, 0.25) is 11.0 Å². The van der Waals surface area contributed by atoms with Gasteiger partial charge in [-0.3, -0.25) is 14.4 Å². The van der Waals surface area contributed by atoms with E-state index in [0.29, 0.717) is 15.7 Å². The Hall–Kier alpha value is -3.27. The van der Waals surface area contributed by atoms with Crippen molar-refractivity contribution in [1.29, 1.82) is 0 Å². The molecule has 0 saturated carbocycles. The number of sulfonamides is 1. The molecule has 1 amide bonds. The number of halogens is 1. The molecule has 0 radical (unpaired) electrons. The van der Waals surface area contributed by atoms with Crippen LogP contribution in [0.1, 0.15) is 16.7 Å². The van der Waals surface area contributed by atoms with Crippen molar-refractivity contribution in [2.24, 2.45) is 0 Å². The maximum atomic E-state index is 13.5. The number of carbonyl (C=O) groups excluding carboxylic acids is 1. The predicted molar refractivity (Wildman–Crippen MR) is 141 cm³/mol. The number of hydrogen-bond acceptors (Lipinski definition) is 6. The SMILES string of the molecule is Cc1ccc(-c2nnc(NC(=O)CN(c3ccc(C)c(C)c3)S(=O)(=O)c3ccc(Cl)cc3)s2)cc1. The Balaban J connectivity index is 1.60. The van der Waals surface area contributed by atoms with Crippen LogP contribution in [0.15, 0.2) is 71.6 Å². The van der Waals surface area contributed by atoms with E-state index in [1.54, 1.807) is 12.1 Å². The van der Waals surface area contributed by atoms with Crippen LogP contribution in [0, 0.1) is 20.8 Å². The number of aryl methyl sites for hydroxylation is 3. The van der Waals surface area contributed by atoms with Gasteiger partial charge in [-0.15, -0.1) is 10.2 Å². The van der Waals surface area contributed by atoms with Crippen molar-refractivity contribution in [1.82, 2.24) is 10.2 Å². The Morgan fingerprint density at radius 1 is 0.943 bits per heavy atom. The molecule has 0 spiro atoms. The lowest BCUT2D eigenvalue weighted by molar-refractivity contribution is -0.114. The van der Waals surface area contributed by atoms with Gasteiger partial charge in [-0.1, -0.05) is 58.8 Å². The molecule has 10 heteroatoms. The van der Waals surface area contributed by atoms with Crippen molar-refractivity contribution in [3.63, 3.8) is 0 Å². The molecule has 0 aliphatic heterocycles. The summed E-state index contributed by atoms with van der Waals surface area (Å²) in [7, 11) is -4.05. The van der Waals surface area contributed by atoms with Gasteiger partial charge in [0.25, 0.3) is 10.0 Å². The first-order valence-electron chi connectivity index (χ1n) is 10.7. The molecule has 1 N–H and O–H groups in total. The van der Waals surface area contributed by atoms with Gasteiger partial charge < -0.3 is 0 Å². The van der Waals surface area contributed by atoms with E-state index in [1.807, 2.05) is 51.1 Å². The molecule has 35 heavy (non-hydrogen) atoms. The van der Waals surface area contributed by atoms with Gasteiger partial charge >= 0.3 is 0 Å². The first kappa shape index (κ1) is 24.8. The summed E-state index contributed by atoms with van der Waals surface area (Å²) in [6.45, 7) is 5.38. The zero-order valence-corrected chi connectivity index (χ0v) is 21.7. The van der Waals surface area contributed by atoms with Crippen molar-refractivity contribution in [3.05, 3.63) is 88.4 Å². The van der Waals surface area contributed by atoms with E-state index in [9.17, 15) is 13.2 Å². The number of nitrogens with zero attached hydrogens (tertiary/aromatic N) is 3. The maximum Gasteiger partial charge on any atom is 0.264 e. The molecular weight excluding hydrogens is 504 g/mol. The maximum absolute atomic E-state index is 13.5. The normalized spacial score (nSPS) is 11.3. The van der Waals surface area contributed by atoms with Gasteiger partial charge in [-0.25, -0.2) is 8.42 Å². The Kier molecular flexibility index (Phi) is 7.20. The predicted octanol–water partition coefficient (Wildman–Crippen LogP) is 5.62. The number of rotatable bonds is 7. The fraction of sp³-hybridized carbons (Fsp3) is 0.160. The monoisotopic (exact) mass is 526 g/mol. The highest BCUT2D eigenvalue weighted by Gasteiger charge is 2.28. The van der Waals surface area contributed by atoms with Crippen LogP contribution in [0.3, 0.4) is 0 Å². The van der Waals surface area contributed by atoms with E-state index in [1.165, 1.54) is 35.6 Å². The fourth-order valence-corrected chi connectivity index (χ4v) is 5.61. The number of amides is 1. The second kappa shape index (κ2) is 10.2. The second-order valence-electron chi connectivity index (χ2n) is 8.06. The molecule has 0 unspecified atom stereocenters. The quantitative estimate of drug-likeness (QED) is 0.337. The van der Waals surface area contributed by atoms with Crippen LogP contribution in [-0.4, -0.2) is 31.1 Å². The van der Waals surface area contributed by atoms with Crippen LogP contribution < -0.4 is 9.62 Å². The van der Waals surface area contributed by atoms with E-state index < -0.39 is 22.5 Å². The van der Waals surface area contributed by atoms with Gasteiger partial charge in [0.15, 0.2) is 0 Å². The van der Waals surface area contributed by atoms with E-state index in [-0.39, 0.29) is 10.0 Å². The third-order valence-corrected chi connectivity index (χ3v) is 8.37. The minimum absolute atomic E-state index is 0.0329. The number of aromatic nitrogens is 2. The van der Waals surface area contributed by atoms with E-state index in [2.05, 4.69) is 15.5 Å². The summed E-state index contributed by atoms with van der Waals surface area (Å²) in [5.41, 5.74) is 4.32. The summed E-state index contributed by atoms with van der Waals surface area (Å²) < 4.78 is 28.1. The lowest BCUT2D eigenvalue weighted by atomic mass is 10.1. The zero-order valence-electron chi connectivity index (χ0n) is 19.3. The molecule has 0 atom stereocenters. The van der Waals surface area contributed by atoms with E-state index in [0.717, 1.165) is 26.6 Å². The highest BCUT2D eigenvalue weighted by molar-refractivity contribution is 7.92. The van der Waals surface area contributed by atoms with Gasteiger partial charge in [-0.2, -0.15) is 0 Å². The molecule has 0 saturated heterocycles. The summed E-state index contributed by atoms with van der Waals surface area (Å²) >= 11 is 7.16. The number of nitrogens with one attached hydrogen (secondary N) is 1. The van der Waals surface area contributed by atoms with Crippen molar-refractivity contribution in [2.45, 2.75) is 25.7 Å². The number of anilines is 2. The minimum Gasteiger partial charge on any atom is -0.299 e. The third kappa shape index (κ3) is 5.70. The summed E-state index contributed by atoms with van der Waals surface area (Å²) in [6.07, 6.45) is 0. The molecule has 4 aromatic rings. The number of hydrogen-bond donors (Lipinski definition) is 1. The highest BCUT2D eigenvalue weighted by atomic mass is 35.5. The van der Waals surface area contributed by atoms with Crippen molar-refractivity contribution >= 4 is 49.7 Å². The Bertz CT molecular complexity index is 1470. The van der Waals surface area contributed by atoms with Crippen molar-refractivity contribution in [3.8, 4) is 10.6 Å².